The second kappa shape index (κ2) is 5.75. The molecule has 1 heterocycles. The number of methoxy groups -OCH3 is 1. The second-order valence-electron chi connectivity index (χ2n) is 4.14. The fraction of sp³-hybridized carbons (Fsp3) is 0.909. The molecule has 0 radical (unpaired) electrons. The zero-order chi connectivity index (χ0) is 11.3. The van der Waals surface area contributed by atoms with E-state index in [4.69, 9.17) is 4.74 Å². The molecule has 0 aromatic heterocycles. The van der Waals surface area contributed by atoms with Gasteiger partial charge in [0.25, 0.3) is 0 Å². The summed E-state index contributed by atoms with van der Waals surface area (Å²) >= 11 is 1.91. The molecule has 0 amide bonds. The van der Waals surface area contributed by atoms with Crippen molar-refractivity contribution in [2.24, 2.45) is 0 Å². The molecule has 15 heavy (non-hydrogen) atoms. The van der Waals surface area contributed by atoms with Gasteiger partial charge >= 0.3 is 5.97 Å². The summed E-state index contributed by atoms with van der Waals surface area (Å²) in [5.74, 6) is 1.99. The average molecular weight is 231 g/mol. The third kappa shape index (κ3) is 3.11. The minimum Gasteiger partial charge on any atom is -0.468 e. The summed E-state index contributed by atoms with van der Waals surface area (Å²) in [6.45, 7) is 4.24. The van der Waals surface area contributed by atoms with Gasteiger partial charge in [0.2, 0.25) is 0 Å². The van der Waals surface area contributed by atoms with E-state index in [1.165, 1.54) is 7.11 Å². The molecule has 0 saturated carbocycles. The number of esters is 1. The molecule has 1 unspecified atom stereocenters. The fourth-order valence-electron chi connectivity index (χ4n) is 1.90. The van der Waals surface area contributed by atoms with Gasteiger partial charge in [-0.3, -0.25) is 10.1 Å². The first kappa shape index (κ1) is 12.8. The molecule has 1 rings (SSSR count). The Kier molecular flexibility index (Phi) is 4.93. The predicted octanol–water partition coefficient (Wildman–Crippen LogP) is 1.81. The van der Waals surface area contributed by atoms with Gasteiger partial charge in [-0.25, -0.2) is 0 Å². The summed E-state index contributed by atoms with van der Waals surface area (Å²) in [7, 11) is 1.48. The van der Waals surface area contributed by atoms with Gasteiger partial charge in [-0.05, 0) is 37.7 Å². The number of carbonyl (C=O) groups excluding carboxylic acids is 1. The van der Waals surface area contributed by atoms with Crippen LogP contribution < -0.4 is 5.32 Å². The molecule has 1 saturated heterocycles. The summed E-state index contributed by atoms with van der Waals surface area (Å²) in [5, 5.41) is 3.44. The third-order valence-electron chi connectivity index (χ3n) is 3.06. The van der Waals surface area contributed by atoms with E-state index in [1.807, 2.05) is 11.8 Å². The van der Waals surface area contributed by atoms with Gasteiger partial charge in [0.1, 0.15) is 5.54 Å². The number of carbonyl (C=O) groups is 1. The van der Waals surface area contributed by atoms with Crippen LogP contribution in [0.3, 0.4) is 0 Å². The standard InChI is InChI=1S/C11H21NO2S/c1-4-9(2)12-11(10(13)14-3)5-7-15-8-6-11/h9,12H,4-8H2,1-3H3. The summed E-state index contributed by atoms with van der Waals surface area (Å²) in [6.07, 6.45) is 2.80. The molecule has 0 aliphatic carbocycles. The molecular weight excluding hydrogens is 210 g/mol. The van der Waals surface area contributed by atoms with Crippen LogP contribution in [0.25, 0.3) is 0 Å². The lowest BCUT2D eigenvalue weighted by Gasteiger charge is -2.37. The molecule has 1 fully saturated rings. The van der Waals surface area contributed by atoms with E-state index in [2.05, 4.69) is 19.2 Å². The quantitative estimate of drug-likeness (QED) is 0.749. The van der Waals surface area contributed by atoms with Gasteiger partial charge in [0.15, 0.2) is 0 Å². The molecule has 1 aliphatic rings. The van der Waals surface area contributed by atoms with E-state index in [1.54, 1.807) is 0 Å². The van der Waals surface area contributed by atoms with Gasteiger partial charge in [0, 0.05) is 6.04 Å². The van der Waals surface area contributed by atoms with Crippen LogP contribution in [0.4, 0.5) is 0 Å². The van der Waals surface area contributed by atoms with Crippen molar-refractivity contribution < 1.29 is 9.53 Å². The normalized spacial score (nSPS) is 22.1. The van der Waals surface area contributed by atoms with Crippen LogP contribution in [0.5, 0.6) is 0 Å². The van der Waals surface area contributed by atoms with Crippen LogP contribution in [0, 0.1) is 0 Å². The highest BCUT2D eigenvalue weighted by Gasteiger charge is 2.41. The maximum absolute atomic E-state index is 11.8. The first-order chi connectivity index (χ1) is 7.14. The molecule has 0 spiro atoms. The number of ether oxygens (including phenoxy) is 1. The van der Waals surface area contributed by atoms with Crippen molar-refractivity contribution in [1.29, 1.82) is 0 Å². The molecule has 0 aromatic rings. The Morgan fingerprint density at radius 2 is 2.13 bits per heavy atom. The lowest BCUT2D eigenvalue weighted by atomic mass is 9.91. The molecule has 4 heteroatoms. The van der Waals surface area contributed by atoms with E-state index in [9.17, 15) is 4.79 Å². The summed E-state index contributed by atoms with van der Waals surface area (Å²) in [4.78, 5) is 11.8. The van der Waals surface area contributed by atoms with Crippen LogP contribution in [0.15, 0.2) is 0 Å². The van der Waals surface area contributed by atoms with Crippen molar-refractivity contribution in [1.82, 2.24) is 5.32 Å². The Hall–Kier alpha value is -0.220. The van der Waals surface area contributed by atoms with Crippen LogP contribution in [-0.2, 0) is 9.53 Å². The second-order valence-corrected chi connectivity index (χ2v) is 5.36. The Morgan fingerprint density at radius 1 is 1.53 bits per heavy atom. The topological polar surface area (TPSA) is 38.3 Å². The zero-order valence-corrected chi connectivity index (χ0v) is 10.7. The zero-order valence-electron chi connectivity index (χ0n) is 9.84. The van der Waals surface area contributed by atoms with Gasteiger partial charge in [-0.2, -0.15) is 11.8 Å². The SMILES string of the molecule is CCC(C)NC1(C(=O)OC)CCSCC1. The van der Waals surface area contributed by atoms with Crippen molar-refractivity contribution in [3.8, 4) is 0 Å². The lowest BCUT2D eigenvalue weighted by molar-refractivity contribution is -0.149. The van der Waals surface area contributed by atoms with Crippen molar-refractivity contribution in [3.63, 3.8) is 0 Å². The molecule has 1 aliphatic heterocycles. The molecule has 0 aromatic carbocycles. The number of rotatable bonds is 4. The van der Waals surface area contributed by atoms with E-state index in [-0.39, 0.29) is 5.97 Å². The summed E-state index contributed by atoms with van der Waals surface area (Å²) < 4.78 is 4.93. The van der Waals surface area contributed by atoms with Crippen LogP contribution in [0.2, 0.25) is 0 Å². The van der Waals surface area contributed by atoms with E-state index < -0.39 is 5.54 Å². The van der Waals surface area contributed by atoms with Crippen molar-refractivity contribution in [2.75, 3.05) is 18.6 Å². The molecule has 88 valence electrons. The van der Waals surface area contributed by atoms with Gasteiger partial charge in [-0.15, -0.1) is 0 Å². The number of hydrogen-bond donors (Lipinski definition) is 1. The Bertz CT molecular complexity index is 215. The fourth-order valence-corrected chi connectivity index (χ4v) is 3.09. The highest BCUT2D eigenvalue weighted by Crippen LogP contribution is 2.28. The predicted molar refractivity (Wildman–Crippen MR) is 64.2 cm³/mol. The largest absolute Gasteiger partial charge is 0.468 e. The van der Waals surface area contributed by atoms with E-state index in [0.29, 0.717) is 6.04 Å². The smallest absolute Gasteiger partial charge is 0.326 e. The highest BCUT2D eigenvalue weighted by atomic mass is 32.2. The van der Waals surface area contributed by atoms with Crippen molar-refractivity contribution >= 4 is 17.7 Å². The Labute approximate surface area is 96.3 Å². The minimum atomic E-state index is -0.421. The van der Waals surface area contributed by atoms with Gasteiger partial charge in [0.05, 0.1) is 7.11 Å². The van der Waals surface area contributed by atoms with E-state index in [0.717, 1.165) is 30.8 Å². The van der Waals surface area contributed by atoms with Crippen LogP contribution in [-0.4, -0.2) is 36.2 Å². The number of nitrogens with one attached hydrogen (secondary N) is 1. The first-order valence-electron chi connectivity index (χ1n) is 5.58. The Balaban J connectivity index is 2.70. The Morgan fingerprint density at radius 3 is 2.60 bits per heavy atom. The minimum absolute atomic E-state index is 0.0944. The van der Waals surface area contributed by atoms with Crippen molar-refractivity contribution in [2.45, 2.75) is 44.7 Å². The molecule has 0 bridgehead atoms. The average Bonchev–Trinajstić information content (AvgIpc) is 2.29. The molecule has 1 N–H and O–H groups in total. The van der Waals surface area contributed by atoms with Crippen LogP contribution >= 0.6 is 11.8 Å². The molecule has 1 atom stereocenters. The summed E-state index contributed by atoms with van der Waals surface area (Å²) in [5.41, 5.74) is -0.421. The van der Waals surface area contributed by atoms with Gasteiger partial charge < -0.3 is 4.74 Å². The summed E-state index contributed by atoms with van der Waals surface area (Å²) in [6, 6.07) is 0.368. The molecular formula is C11H21NO2S. The monoisotopic (exact) mass is 231 g/mol. The third-order valence-corrected chi connectivity index (χ3v) is 4.04. The van der Waals surface area contributed by atoms with Crippen LogP contribution in [0.1, 0.15) is 33.1 Å². The van der Waals surface area contributed by atoms with E-state index >= 15 is 0 Å². The maximum atomic E-state index is 11.8. The maximum Gasteiger partial charge on any atom is 0.326 e. The first-order valence-corrected chi connectivity index (χ1v) is 6.74. The highest BCUT2D eigenvalue weighted by molar-refractivity contribution is 7.99. The van der Waals surface area contributed by atoms with Gasteiger partial charge in [-0.1, -0.05) is 6.92 Å². The van der Waals surface area contributed by atoms with Crippen molar-refractivity contribution in [3.05, 3.63) is 0 Å². The number of hydrogen-bond acceptors (Lipinski definition) is 4. The number of thioether (sulfide) groups is 1. The molecule has 3 nitrogen and oxygen atoms in total. The lowest BCUT2D eigenvalue weighted by Crippen LogP contribution is -2.57.